The number of aryl methyl sites for hydroxylation is 1. The highest BCUT2D eigenvalue weighted by Gasteiger charge is 2.33. The van der Waals surface area contributed by atoms with Crippen LogP contribution in [0.2, 0.25) is 0 Å². The Morgan fingerprint density at radius 1 is 1.08 bits per heavy atom. The van der Waals surface area contributed by atoms with Crippen LogP contribution in [-0.2, 0) is 13.6 Å². The average Bonchev–Trinajstić information content (AvgIpc) is 2.83. The molecular formula is C25H23F3N6O2. The Kier molecular flexibility index (Phi) is 6.61. The zero-order valence-corrected chi connectivity index (χ0v) is 19.9. The van der Waals surface area contributed by atoms with Gasteiger partial charge in [0.1, 0.15) is 23.0 Å². The topological polar surface area (TPSA) is 98.2 Å². The number of rotatable bonds is 4. The van der Waals surface area contributed by atoms with E-state index in [9.17, 15) is 28.5 Å². The van der Waals surface area contributed by atoms with Crippen molar-refractivity contribution in [3.63, 3.8) is 0 Å². The number of alkyl halides is 3. The summed E-state index contributed by atoms with van der Waals surface area (Å²) < 4.78 is 43.1. The molecule has 186 valence electrons. The largest absolute Gasteiger partial charge is 0.573 e. The monoisotopic (exact) mass is 496 g/mol. The van der Waals surface area contributed by atoms with E-state index >= 15 is 0 Å². The van der Waals surface area contributed by atoms with Crippen molar-refractivity contribution in [2.75, 3.05) is 18.0 Å². The highest BCUT2D eigenvalue weighted by Crippen LogP contribution is 2.30. The van der Waals surface area contributed by atoms with Crippen molar-refractivity contribution in [2.24, 2.45) is 7.05 Å². The Morgan fingerprint density at radius 3 is 2.50 bits per heavy atom. The molecule has 1 aliphatic heterocycles. The number of nitrogens with zero attached hydrogens (tertiary/aromatic N) is 6. The number of hydrogen-bond acceptors (Lipinski definition) is 7. The van der Waals surface area contributed by atoms with Crippen LogP contribution in [0.4, 0.5) is 18.9 Å². The van der Waals surface area contributed by atoms with Gasteiger partial charge in [-0.15, -0.1) is 13.2 Å². The van der Waals surface area contributed by atoms with Crippen LogP contribution in [0.3, 0.4) is 0 Å². The van der Waals surface area contributed by atoms with Crippen LogP contribution in [0.1, 0.15) is 30.7 Å². The predicted octanol–water partition coefficient (Wildman–Crippen LogP) is 3.67. The molecule has 3 heterocycles. The molecule has 2 aromatic heterocycles. The number of pyridine rings is 2. The van der Waals surface area contributed by atoms with Crippen molar-refractivity contribution < 1.29 is 17.9 Å². The quantitative estimate of drug-likeness (QED) is 0.544. The number of benzene rings is 1. The Balaban J connectivity index is 1.61. The molecule has 1 saturated heterocycles. The van der Waals surface area contributed by atoms with E-state index in [0.29, 0.717) is 41.9 Å². The molecule has 2 atom stereocenters. The summed E-state index contributed by atoms with van der Waals surface area (Å²) in [5, 5.41) is 18.8. The van der Waals surface area contributed by atoms with Gasteiger partial charge in [0.2, 0.25) is 0 Å². The van der Waals surface area contributed by atoms with Crippen molar-refractivity contribution in [2.45, 2.75) is 38.8 Å². The second kappa shape index (κ2) is 9.51. The fraction of sp³-hybridized carbons (Fsp3) is 0.360. The molecule has 8 nitrogen and oxygen atoms in total. The van der Waals surface area contributed by atoms with Crippen LogP contribution in [0, 0.1) is 22.7 Å². The molecule has 0 amide bonds. The van der Waals surface area contributed by atoms with Crippen molar-refractivity contribution in [1.29, 1.82) is 10.5 Å². The van der Waals surface area contributed by atoms with E-state index in [1.54, 1.807) is 19.2 Å². The highest BCUT2D eigenvalue weighted by molar-refractivity contribution is 5.89. The van der Waals surface area contributed by atoms with E-state index in [4.69, 9.17) is 0 Å². The number of anilines is 1. The van der Waals surface area contributed by atoms with Gasteiger partial charge in [-0.3, -0.25) is 9.69 Å². The minimum Gasteiger partial charge on any atom is -0.406 e. The summed E-state index contributed by atoms with van der Waals surface area (Å²) in [7, 11) is 1.66. The van der Waals surface area contributed by atoms with Gasteiger partial charge in [-0.05, 0) is 43.7 Å². The maximum atomic E-state index is 12.7. The molecule has 0 spiro atoms. The van der Waals surface area contributed by atoms with Gasteiger partial charge in [0, 0.05) is 44.8 Å². The Labute approximate surface area is 205 Å². The predicted molar refractivity (Wildman–Crippen MR) is 126 cm³/mol. The molecule has 1 aromatic carbocycles. The number of ether oxygens (including phenoxy) is 1. The molecule has 0 saturated carbocycles. The maximum absolute atomic E-state index is 12.7. The van der Waals surface area contributed by atoms with E-state index in [0.717, 1.165) is 6.07 Å². The number of halogens is 3. The van der Waals surface area contributed by atoms with Crippen molar-refractivity contribution in [3.05, 3.63) is 63.6 Å². The summed E-state index contributed by atoms with van der Waals surface area (Å²) in [5.74, 6) is -0.434. The maximum Gasteiger partial charge on any atom is 0.573 e. The molecule has 1 aliphatic rings. The molecule has 36 heavy (non-hydrogen) atoms. The molecule has 0 N–H and O–H groups in total. The van der Waals surface area contributed by atoms with Crippen LogP contribution < -0.4 is 15.2 Å². The smallest absolute Gasteiger partial charge is 0.406 e. The molecule has 11 heteroatoms. The molecule has 0 radical (unpaired) electrons. The van der Waals surface area contributed by atoms with Gasteiger partial charge < -0.3 is 14.2 Å². The Hall–Kier alpha value is -4.09. The first-order chi connectivity index (χ1) is 17.0. The van der Waals surface area contributed by atoms with Gasteiger partial charge in [-0.1, -0.05) is 6.07 Å². The van der Waals surface area contributed by atoms with E-state index in [1.807, 2.05) is 26.0 Å². The standard InChI is InChI=1S/C25H23F3N6O2/c1-15-13-34(22-9-23(35)32(3)21-7-5-19(11-30)31-24(21)22)16(2)12-33(15)14-17-4-6-20(8-18(17)10-29)36-25(26,27)28/h4-9,15-16H,12-14H2,1-3H3/t15?,16-/m0/s1. The third-order valence-electron chi connectivity index (χ3n) is 6.42. The van der Waals surface area contributed by atoms with Crippen LogP contribution >= 0.6 is 0 Å². The van der Waals surface area contributed by atoms with E-state index < -0.39 is 12.1 Å². The van der Waals surface area contributed by atoms with E-state index in [1.165, 1.54) is 22.8 Å². The average molecular weight is 496 g/mol. The van der Waals surface area contributed by atoms with E-state index in [2.05, 4.69) is 19.5 Å². The molecule has 0 bridgehead atoms. The zero-order valence-electron chi connectivity index (χ0n) is 19.9. The van der Waals surface area contributed by atoms with Gasteiger partial charge in [0.05, 0.1) is 22.8 Å². The third kappa shape index (κ3) is 4.97. The van der Waals surface area contributed by atoms with Crippen LogP contribution in [-0.4, -0.2) is 46.0 Å². The number of fused-ring (bicyclic) bond motifs is 1. The summed E-state index contributed by atoms with van der Waals surface area (Å²) in [6, 6.07) is 12.5. The summed E-state index contributed by atoms with van der Waals surface area (Å²) in [6.07, 6.45) is -4.83. The number of hydrogen-bond donors (Lipinski definition) is 0. The molecular weight excluding hydrogens is 473 g/mol. The number of nitriles is 2. The third-order valence-corrected chi connectivity index (χ3v) is 6.42. The SMILES string of the molecule is CC1CN(c2cc(=O)n(C)c3ccc(C#N)nc23)[C@@H](C)CN1Cc1ccc(OC(F)(F)F)cc1C#N. The van der Waals surface area contributed by atoms with Crippen LogP contribution in [0.5, 0.6) is 5.75 Å². The van der Waals surface area contributed by atoms with Gasteiger partial charge >= 0.3 is 6.36 Å². The summed E-state index contributed by atoms with van der Waals surface area (Å²) in [5.41, 5.74) is 2.61. The second-order valence-electron chi connectivity index (χ2n) is 8.86. The lowest BCUT2D eigenvalue weighted by molar-refractivity contribution is -0.274. The minimum atomic E-state index is -4.83. The van der Waals surface area contributed by atoms with Crippen LogP contribution in [0.25, 0.3) is 11.0 Å². The Bertz CT molecular complexity index is 1450. The molecule has 1 unspecified atom stereocenters. The van der Waals surface area contributed by atoms with E-state index in [-0.39, 0.29) is 28.9 Å². The number of piperazine rings is 1. The lowest BCUT2D eigenvalue weighted by Crippen LogP contribution is -2.56. The summed E-state index contributed by atoms with van der Waals surface area (Å²) in [6.45, 7) is 5.48. The fourth-order valence-corrected chi connectivity index (χ4v) is 4.56. The first-order valence-electron chi connectivity index (χ1n) is 11.2. The zero-order chi connectivity index (χ0) is 26.2. The fourth-order valence-electron chi connectivity index (χ4n) is 4.56. The molecule has 0 aliphatic carbocycles. The normalized spacial score (nSPS) is 18.6. The van der Waals surface area contributed by atoms with Gasteiger partial charge in [-0.25, -0.2) is 4.98 Å². The minimum absolute atomic E-state index is 0.0166. The molecule has 4 rings (SSSR count). The van der Waals surface area contributed by atoms with Crippen LogP contribution in [0.15, 0.2) is 41.2 Å². The summed E-state index contributed by atoms with van der Waals surface area (Å²) in [4.78, 5) is 21.3. The first kappa shape index (κ1) is 25.0. The van der Waals surface area contributed by atoms with Gasteiger partial charge in [0.25, 0.3) is 5.56 Å². The summed E-state index contributed by atoms with van der Waals surface area (Å²) >= 11 is 0. The highest BCUT2D eigenvalue weighted by atomic mass is 19.4. The van der Waals surface area contributed by atoms with Gasteiger partial charge in [0.15, 0.2) is 0 Å². The van der Waals surface area contributed by atoms with Crippen molar-refractivity contribution in [3.8, 4) is 17.9 Å². The second-order valence-corrected chi connectivity index (χ2v) is 8.86. The van der Waals surface area contributed by atoms with Crippen molar-refractivity contribution >= 4 is 16.7 Å². The van der Waals surface area contributed by atoms with Gasteiger partial charge in [-0.2, -0.15) is 10.5 Å². The molecule has 1 fully saturated rings. The lowest BCUT2D eigenvalue weighted by Gasteiger charge is -2.45. The molecule has 3 aromatic rings. The Morgan fingerprint density at radius 2 is 1.83 bits per heavy atom. The number of aromatic nitrogens is 2. The first-order valence-corrected chi connectivity index (χ1v) is 11.2. The lowest BCUT2D eigenvalue weighted by atomic mass is 10.0. The van der Waals surface area contributed by atoms with Crippen molar-refractivity contribution in [1.82, 2.24) is 14.5 Å².